The van der Waals surface area contributed by atoms with E-state index in [1.807, 2.05) is 13.0 Å². The number of rotatable bonds is 7. The number of benzene rings is 1. The van der Waals surface area contributed by atoms with Gasteiger partial charge in [0.2, 0.25) is 0 Å². The van der Waals surface area contributed by atoms with Crippen molar-refractivity contribution >= 4 is 18.0 Å². The van der Waals surface area contributed by atoms with Crippen molar-refractivity contribution in [2.75, 3.05) is 13.2 Å². The third kappa shape index (κ3) is 6.04. The molecule has 0 radical (unpaired) electrons. The number of carbonyl (C=O) groups excluding carboxylic acids is 2. The average Bonchev–Trinajstić information content (AvgIpc) is 2.97. The monoisotopic (exact) mass is 315 g/mol. The minimum absolute atomic E-state index is 0.160. The zero-order valence-corrected chi connectivity index (χ0v) is 12.6. The second-order valence-corrected chi connectivity index (χ2v) is 4.62. The molecule has 0 spiro atoms. The van der Waals surface area contributed by atoms with Gasteiger partial charge in [0.05, 0.1) is 12.8 Å². The van der Waals surface area contributed by atoms with Crippen LogP contribution in [0.3, 0.4) is 0 Å². The van der Waals surface area contributed by atoms with E-state index in [1.54, 1.807) is 36.4 Å². The number of aryl methyl sites for hydroxylation is 1. The molecule has 0 saturated heterocycles. The Labute approximate surface area is 133 Å². The molecule has 120 valence electrons. The van der Waals surface area contributed by atoms with Crippen LogP contribution in [0, 0.1) is 6.92 Å². The summed E-state index contributed by atoms with van der Waals surface area (Å²) in [5.74, 6) is 1.03. The zero-order chi connectivity index (χ0) is 16.5. The van der Waals surface area contributed by atoms with E-state index in [-0.39, 0.29) is 13.2 Å². The highest BCUT2D eigenvalue weighted by Crippen LogP contribution is 2.07. The van der Waals surface area contributed by atoms with Gasteiger partial charge in [0.15, 0.2) is 6.61 Å². The van der Waals surface area contributed by atoms with E-state index >= 15 is 0 Å². The molecule has 2 N–H and O–H groups in total. The van der Waals surface area contributed by atoms with E-state index in [0.29, 0.717) is 11.5 Å². The smallest absolute Gasteiger partial charge is 0.259 e. The van der Waals surface area contributed by atoms with Gasteiger partial charge in [0.25, 0.3) is 11.8 Å². The number of hydrogen-bond acceptors (Lipinski definition) is 5. The number of nitrogens with one attached hydrogen (secondary N) is 2. The lowest BCUT2D eigenvalue weighted by Gasteiger charge is -2.06. The third-order valence-corrected chi connectivity index (χ3v) is 2.70. The first kappa shape index (κ1) is 16.3. The predicted molar refractivity (Wildman–Crippen MR) is 84.1 cm³/mol. The third-order valence-electron chi connectivity index (χ3n) is 2.70. The minimum atomic E-state index is -0.447. The number of amides is 2. The molecule has 0 saturated carbocycles. The highest BCUT2D eigenvalue weighted by atomic mass is 16.5. The van der Waals surface area contributed by atoms with Crippen LogP contribution < -0.4 is 15.5 Å². The van der Waals surface area contributed by atoms with Crippen LogP contribution in [-0.4, -0.2) is 31.2 Å². The summed E-state index contributed by atoms with van der Waals surface area (Å²) in [4.78, 5) is 23.1. The first-order valence-corrected chi connectivity index (χ1v) is 6.96. The summed E-state index contributed by atoms with van der Waals surface area (Å²) in [5.41, 5.74) is 2.28. The van der Waals surface area contributed by atoms with Gasteiger partial charge < -0.3 is 14.5 Å². The van der Waals surface area contributed by atoms with Crippen molar-refractivity contribution in [3.63, 3.8) is 0 Å². The summed E-state index contributed by atoms with van der Waals surface area (Å²) in [6.07, 6.45) is 1.38. The van der Waals surface area contributed by atoms with Crippen LogP contribution in [0.15, 0.2) is 52.0 Å². The molecule has 2 rings (SSSR count). The van der Waals surface area contributed by atoms with Crippen molar-refractivity contribution in [2.45, 2.75) is 6.92 Å². The summed E-state index contributed by atoms with van der Waals surface area (Å²) in [5, 5.41) is 6.16. The first-order chi connectivity index (χ1) is 11.1. The molecule has 23 heavy (non-hydrogen) atoms. The van der Waals surface area contributed by atoms with Gasteiger partial charge in [-0.3, -0.25) is 9.59 Å². The Balaban J connectivity index is 1.63. The van der Waals surface area contributed by atoms with Crippen molar-refractivity contribution in [1.82, 2.24) is 10.7 Å². The maximum absolute atomic E-state index is 11.5. The Morgan fingerprint density at radius 3 is 2.65 bits per heavy atom. The zero-order valence-electron chi connectivity index (χ0n) is 12.6. The van der Waals surface area contributed by atoms with E-state index in [1.165, 1.54) is 6.21 Å². The van der Waals surface area contributed by atoms with Crippen LogP contribution in [0.2, 0.25) is 0 Å². The topological polar surface area (TPSA) is 92.9 Å². The lowest BCUT2D eigenvalue weighted by atomic mass is 10.3. The molecule has 1 heterocycles. The number of hydrazone groups is 1. The molecule has 7 heteroatoms. The molecule has 0 aliphatic carbocycles. The number of para-hydroxylation sites is 1. The lowest BCUT2D eigenvalue weighted by molar-refractivity contribution is -0.127. The normalized spacial score (nSPS) is 10.5. The van der Waals surface area contributed by atoms with Crippen LogP contribution in [0.5, 0.6) is 5.75 Å². The summed E-state index contributed by atoms with van der Waals surface area (Å²) < 4.78 is 10.5. The first-order valence-electron chi connectivity index (χ1n) is 6.96. The van der Waals surface area contributed by atoms with Crippen LogP contribution in [0.1, 0.15) is 11.5 Å². The largest absolute Gasteiger partial charge is 0.484 e. The molecule has 0 atom stereocenters. The highest BCUT2D eigenvalue weighted by Gasteiger charge is 2.05. The van der Waals surface area contributed by atoms with E-state index in [9.17, 15) is 9.59 Å². The van der Waals surface area contributed by atoms with Gasteiger partial charge in [-0.05, 0) is 31.2 Å². The van der Waals surface area contributed by atoms with Crippen molar-refractivity contribution in [2.24, 2.45) is 5.10 Å². The fourth-order valence-electron chi connectivity index (χ4n) is 1.63. The summed E-state index contributed by atoms with van der Waals surface area (Å²) in [6.45, 7) is 1.46. The fraction of sp³-hybridized carbons (Fsp3) is 0.188. The standard InChI is InChI=1S/C16H17N3O4/c1-12-7-8-14(23-12)9-18-19-15(20)10-17-16(21)11-22-13-5-3-2-4-6-13/h2-9H,10-11H2,1H3,(H,17,21)(H,19,20)/b18-9-. The predicted octanol–water partition coefficient (Wildman–Crippen LogP) is 1.23. The Bertz CT molecular complexity index is 680. The van der Waals surface area contributed by atoms with Gasteiger partial charge >= 0.3 is 0 Å². The molecule has 0 fully saturated rings. The number of furan rings is 1. The van der Waals surface area contributed by atoms with E-state index < -0.39 is 11.8 Å². The number of nitrogens with zero attached hydrogens (tertiary/aromatic N) is 1. The highest BCUT2D eigenvalue weighted by molar-refractivity contribution is 5.86. The maximum Gasteiger partial charge on any atom is 0.259 e. The average molecular weight is 315 g/mol. The van der Waals surface area contributed by atoms with Gasteiger partial charge in [-0.25, -0.2) is 5.43 Å². The van der Waals surface area contributed by atoms with Crippen LogP contribution >= 0.6 is 0 Å². The van der Waals surface area contributed by atoms with Crippen molar-refractivity contribution < 1.29 is 18.7 Å². The molecule has 1 aromatic heterocycles. The summed E-state index contributed by atoms with van der Waals surface area (Å²) in [6, 6.07) is 12.5. The number of ether oxygens (including phenoxy) is 1. The Hall–Kier alpha value is -3.09. The van der Waals surface area contributed by atoms with E-state index in [0.717, 1.165) is 5.76 Å². The molecular formula is C16H17N3O4. The molecular weight excluding hydrogens is 298 g/mol. The van der Waals surface area contributed by atoms with Crippen LogP contribution in [0.4, 0.5) is 0 Å². The van der Waals surface area contributed by atoms with Gasteiger partial charge in [0.1, 0.15) is 17.3 Å². The molecule has 2 amide bonds. The van der Waals surface area contributed by atoms with Crippen molar-refractivity contribution in [3.05, 3.63) is 54.0 Å². The molecule has 0 aliphatic rings. The Kier molecular flexibility index (Phi) is 5.93. The molecule has 0 aliphatic heterocycles. The van der Waals surface area contributed by atoms with Crippen LogP contribution in [-0.2, 0) is 9.59 Å². The number of carbonyl (C=O) groups is 2. The van der Waals surface area contributed by atoms with E-state index in [2.05, 4.69) is 15.8 Å². The van der Waals surface area contributed by atoms with E-state index in [4.69, 9.17) is 9.15 Å². The molecule has 0 bridgehead atoms. The number of hydrogen-bond donors (Lipinski definition) is 2. The van der Waals surface area contributed by atoms with Gasteiger partial charge in [-0.1, -0.05) is 18.2 Å². The SMILES string of the molecule is Cc1ccc(/C=N\NC(=O)CNC(=O)COc2ccccc2)o1. The van der Waals surface area contributed by atoms with Gasteiger partial charge in [-0.2, -0.15) is 5.10 Å². The van der Waals surface area contributed by atoms with Gasteiger partial charge in [0, 0.05) is 0 Å². The summed E-state index contributed by atoms with van der Waals surface area (Å²) >= 11 is 0. The second kappa shape index (κ2) is 8.38. The Morgan fingerprint density at radius 1 is 1.17 bits per heavy atom. The van der Waals surface area contributed by atoms with Gasteiger partial charge in [-0.15, -0.1) is 0 Å². The summed E-state index contributed by atoms with van der Waals surface area (Å²) in [7, 11) is 0. The lowest BCUT2D eigenvalue weighted by Crippen LogP contribution is -2.37. The molecule has 7 nitrogen and oxygen atoms in total. The fourth-order valence-corrected chi connectivity index (χ4v) is 1.63. The quantitative estimate of drug-likeness (QED) is 0.594. The molecule has 0 unspecified atom stereocenters. The maximum atomic E-state index is 11.5. The minimum Gasteiger partial charge on any atom is -0.484 e. The molecule has 1 aromatic carbocycles. The Morgan fingerprint density at radius 2 is 1.96 bits per heavy atom. The molecule has 2 aromatic rings. The second-order valence-electron chi connectivity index (χ2n) is 4.62. The van der Waals surface area contributed by atoms with Crippen LogP contribution in [0.25, 0.3) is 0 Å². The van der Waals surface area contributed by atoms with Crippen molar-refractivity contribution in [1.29, 1.82) is 0 Å². The van der Waals surface area contributed by atoms with Crippen molar-refractivity contribution in [3.8, 4) is 5.75 Å².